The summed E-state index contributed by atoms with van der Waals surface area (Å²) in [5.74, 6) is -0.0415. The second kappa shape index (κ2) is 7.31. The van der Waals surface area contributed by atoms with Crippen LogP contribution in [0.3, 0.4) is 0 Å². The van der Waals surface area contributed by atoms with Crippen LogP contribution in [0.2, 0.25) is 0 Å². The van der Waals surface area contributed by atoms with Crippen LogP contribution in [0, 0.1) is 6.92 Å². The molecule has 2 aromatic carbocycles. The highest BCUT2D eigenvalue weighted by Gasteiger charge is 2.21. The summed E-state index contributed by atoms with van der Waals surface area (Å²) in [5.41, 5.74) is 6.51. The SMILES string of the molecule is C=CCn1c2ccccc2n2nc(C)c(C(=O)C=Cc3ccc(CC)cc3)c12. The van der Waals surface area contributed by atoms with Crippen molar-refractivity contribution >= 4 is 28.5 Å². The van der Waals surface area contributed by atoms with Crippen LogP contribution in [0.4, 0.5) is 0 Å². The van der Waals surface area contributed by atoms with Crippen LogP contribution in [0.5, 0.6) is 0 Å². The molecule has 0 aliphatic rings. The van der Waals surface area contributed by atoms with Gasteiger partial charge >= 0.3 is 0 Å². The molecule has 0 saturated heterocycles. The number of ketones is 1. The van der Waals surface area contributed by atoms with E-state index < -0.39 is 0 Å². The van der Waals surface area contributed by atoms with E-state index in [2.05, 4.69) is 35.3 Å². The van der Waals surface area contributed by atoms with Gasteiger partial charge in [0.25, 0.3) is 0 Å². The van der Waals surface area contributed by atoms with Crippen LogP contribution >= 0.6 is 0 Å². The van der Waals surface area contributed by atoms with E-state index in [9.17, 15) is 4.79 Å². The first-order valence-corrected chi connectivity index (χ1v) is 9.52. The van der Waals surface area contributed by atoms with Crippen molar-refractivity contribution in [3.05, 3.63) is 89.6 Å². The van der Waals surface area contributed by atoms with Crippen LogP contribution in [0.15, 0.2) is 67.3 Å². The van der Waals surface area contributed by atoms with Gasteiger partial charge in [-0.3, -0.25) is 4.79 Å². The summed E-state index contributed by atoms with van der Waals surface area (Å²) < 4.78 is 3.96. The van der Waals surface area contributed by atoms with Gasteiger partial charge in [0.05, 0.1) is 22.3 Å². The highest BCUT2D eigenvalue weighted by Crippen LogP contribution is 2.26. The number of para-hydroxylation sites is 2. The fraction of sp³-hybridized carbons (Fsp3) is 0.167. The number of aryl methyl sites for hydroxylation is 2. The number of hydrogen-bond acceptors (Lipinski definition) is 2. The molecule has 0 unspecified atom stereocenters. The molecule has 0 radical (unpaired) electrons. The van der Waals surface area contributed by atoms with E-state index >= 15 is 0 Å². The van der Waals surface area contributed by atoms with Crippen LogP contribution in [0.1, 0.15) is 34.1 Å². The number of carbonyl (C=O) groups is 1. The molecule has 0 atom stereocenters. The summed E-state index contributed by atoms with van der Waals surface area (Å²) in [4.78, 5) is 13.1. The van der Waals surface area contributed by atoms with Crippen molar-refractivity contribution in [3.8, 4) is 0 Å². The molecule has 0 saturated carbocycles. The molecule has 2 heterocycles. The molecule has 28 heavy (non-hydrogen) atoms. The fourth-order valence-corrected chi connectivity index (χ4v) is 3.64. The van der Waals surface area contributed by atoms with E-state index in [0.29, 0.717) is 12.1 Å². The van der Waals surface area contributed by atoms with E-state index in [0.717, 1.165) is 34.4 Å². The van der Waals surface area contributed by atoms with Crippen molar-refractivity contribution in [2.45, 2.75) is 26.8 Å². The molecule has 4 heteroatoms. The number of imidazole rings is 1. The number of hydrogen-bond donors (Lipinski definition) is 0. The molecular weight excluding hydrogens is 346 g/mol. The van der Waals surface area contributed by atoms with Gasteiger partial charge in [-0.25, -0.2) is 4.52 Å². The topological polar surface area (TPSA) is 39.3 Å². The highest BCUT2D eigenvalue weighted by molar-refractivity contribution is 6.12. The molecule has 0 aliphatic heterocycles. The lowest BCUT2D eigenvalue weighted by Crippen LogP contribution is -2.02. The van der Waals surface area contributed by atoms with E-state index in [1.54, 1.807) is 6.08 Å². The van der Waals surface area contributed by atoms with E-state index in [4.69, 9.17) is 0 Å². The Kier molecular flexibility index (Phi) is 4.70. The number of allylic oxidation sites excluding steroid dienone is 2. The van der Waals surface area contributed by atoms with Crippen molar-refractivity contribution < 1.29 is 4.79 Å². The van der Waals surface area contributed by atoms with E-state index in [1.165, 1.54) is 5.56 Å². The normalized spacial score (nSPS) is 11.6. The van der Waals surface area contributed by atoms with Gasteiger partial charge in [-0.2, -0.15) is 5.10 Å². The van der Waals surface area contributed by atoms with Crippen LogP contribution in [0.25, 0.3) is 22.8 Å². The van der Waals surface area contributed by atoms with Crippen molar-refractivity contribution in [3.63, 3.8) is 0 Å². The lowest BCUT2D eigenvalue weighted by atomic mass is 10.1. The molecular formula is C24H23N3O. The van der Waals surface area contributed by atoms with Crippen molar-refractivity contribution in [2.24, 2.45) is 0 Å². The molecule has 0 spiro atoms. The van der Waals surface area contributed by atoms with E-state index in [-0.39, 0.29) is 5.78 Å². The quantitative estimate of drug-likeness (QED) is 0.265. The summed E-state index contributed by atoms with van der Waals surface area (Å²) in [6.07, 6.45) is 6.35. The average molecular weight is 369 g/mol. The lowest BCUT2D eigenvalue weighted by molar-refractivity contribution is 0.104. The fourth-order valence-electron chi connectivity index (χ4n) is 3.64. The summed E-state index contributed by atoms with van der Waals surface area (Å²) in [6, 6.07) is 16.3. The number of benzene rings is 2. The Bertz CT molecular complexity index is 1210. The highest BCUT2D eigenvalue weighted by atomic mass is 16.1. The van der Waals surface area contributed by atoms with E-state index in [1.807, 2.05) is 60.0 Å². The molecule has 0 amide bonds. The minimum atomic E-state index is -0.0415. The van der Waals surface area contributed by atoms with Crippen LogP contribution in [-0.4, -0.2) is 20.0 Å². The zero-order chi connectivity index (χ0) is 19.7. The Morgan fingerprint density at radius 1 is 1.11 bits per heavy atom. The molecule has 0 bridgehead atoms. The summed E-state index contributed by atoms with van der Waals surface area (Å²) in [7, 11) is 0. The van der Waals surface area contributed by atoms with Gasteiger partial charge in [0.1, 0.15) is 5.65 Å². The number of nitrogens with zero attached hydrogens (tertiary/aromatic N) is 3. The first kappa shape index (κ1) is 18.0. The Morgan fingerprint density at radius 3 is 2.50 bits per heavy atom. The standard InChI is InChI=1S/C24H23N3O/c1-4-16-26-20-8-6-7-9-21(20)27-24(26)23(17(3)25-27)22(28)15-14-19-12-10-18(5-2)11-13-19/h4,6-15H,1,5,16H2,2-3H3. The summed E-state index contributed by atoms with van der Waals surface area (Å²) >= 11 is 0. The zero-order valence-corrected chi connectivity index (χ0v) is 16.2. The third-order valence-electron chi connectivity index (χ3n) is 5.07. The maximum absolute atomic E-state index is 13.1. The second-order valence-electron chi connectivity index (χ2n) is 6.88. The van der Waals surface area contributed by atoms with Gasteiger partial charge in [0.15, 0.2) is 5.78 Å². The molecule has 4 nitrogen and oxygen atoms in total. The number of carbonyl (C=O) groups excluding carboxylic acids is 1. The van der Waals surface area contributed by atoms with Crippen LogP contribution in [-0.2, 0) is 13.0 Å². The number of aromatic nitrogens is 3. The third-order valence-corrected chi connectivity index (χ3v) is 5.07. The average Bonchev–Trinajstić information content (AvgIpc) is 3.21. The molecule has 0 aliphatic carbocycles. The lowest BCUT2D eigenvalue weighted by Gasteiger charge is -2.03. The first-order valence-electron chi connectivity index (χ1n) is 9.52. The Morgan fingerprint density at radius 2 is 1.82 bits per heavy atom. The van der Waals surface area contributed by atoms with Gasteiger partial charge in [-0.15, -0.1) is 6.58 Å². The minimum Gasteiger partial charge on any atom is -0.320 e. The predicted molar refractivity (Wildman–Crippen MR) is 115 cm³/mol. The Hall–Kier alpha value is -3.40. The Balaban J connectivity index is 1.80. The molecule has 0 N–H and O–H groups in total. The van der Waals surface area contributed by atoms with Crippen molar-refractivity contribution in [2.75, 3.05) is 0 Å². The Labute approximate surface area is 164 Å². The molecule has 2 aromatic heterocycles. The predicted octanol–water partition coefficient (Wildman–Crippen LogP) is 5.24. The summed E-state index contributed by atoms with van der Waals surface area (Å²) in [6.45, 7) is 8.50. The molecule has 4 rings (SSSR count). The summed E-state index contributed by atoms with van der Waals surface area (Å²) in [5, 5.41) is 4.65. The van der Waals surface area contributed by atoms with Gasteiger partial charge in [0.2, 0.25) is 0 Å². The van der Waals surface area contributed by atoms with Crippen molar-refractivity contribution in [1.29, 1.82) is 0 Å². The largest absolute Gasteiger partial charge is 0.320 e. The maximum Gasteiger partial charge on any atom is 0.191 e. The maximum atomic E-state index is 13.1. The van der Waals surface area contributed by atoms with Gasteiger partial charge in [0, 0.05) is 6.54 Å². The zero-order valence-electron chi connectivity index (χ0n) is 16.2. The van der Waals surface area contributed by atoms with Gasteiger partial charge in [-0.05, 0) is 42.7 Å². The van der Waals surface area contributed by atoms with Crippen LogP contribution < -0.4 is 0 Å². The monoisotopic (exact) mass is 369 g/mol. The second-order valence-corrected chi connectivity index (χ2v) is 6.88. The number of fused-ring (bicyclic) bond motifs is 3. The van der Waals surface area contributed by atoms with Crippen molar-refractivity contribution in [1.82, 2.24) is 14.2 Å². The molecule has 140 valence electrons. The third kappa shape index (κ3) is 2.97. The first-order chi connectivity index (χ1) is 13.6. The smallest absolute Gasteiger partial charge is 0.191 e. The molecule has 4 aromatic rings. The molecule has 0 fully saturated rings. The minimum absolute atomic E-state index is 0.0415. The van der Waals surface area contributed by atoms with Gasteiger partial charge < -0.3 is 4.57 Å². The van der Waals surface area contributed by atoms with Gasteiger partial charge in [-0.1, -0.05) is 55.5 Å². The number of rotatable bonds is 6.